The van der Waals surface area contributed by atoms with Gasteiger partial charge in [-0.2, -0.15) is 11.8 Å². The summed E-state index contributed by atoms with van der Waals surface area (Å²) in [7, 11) is 2.92. The Labute approximate surface area is 116 Å². The fourth-order valence-corrected chi connectivity index (χ4v) is 2.03. The van der Waals surface area contributed by atoms with Crippen LogP contribution in [0.4, 0.5) is 5.69 Å². The SMILES string of the molecule is COC(=O)CCSCC(=O)Nc1cccc(OC)c1. The summed E-state index contributed by atoms with van der Waals surface area (Å²) in [6, 6.07) is 7.15. The first-order valence-corrected chi connectivity index (χ1v) is 6.89. The number of ether oxygens (including phenoxy) is 2. The molecule has 6 heteroatoms. The first-order valence-electron chi connectivity index (χ1n) is 5.74. The molecule has 0 fully saturated rings. The van der Waals surface area contributed by atoms with Gasteiger partial charge in [0.1, 0.15) is 5.75 Å². The molecule has 0 bridgehead atoms. The molecule has 1 aromatic rings. The van der Waals surface area contributed by atoms with Gasteiger partial charge in [-0.15, -0.1) is 0 Å². The van der Waals surface area contributed by atoms with Crippen LogP contribution in [-0.2, 0) is 14.3 Å². The largest absolute Gasteiger partial charge is 0.497 e. The molecule has 0 aliphatic rings. The predicted molar refractivity (Wildman–Crippen MR) is 75.6 cm³/mol. The van der Waals surface area contributed by atoms with E-state index in [-0.39, 0.29) is 11.9 Å². The van der Waals surface area contributed by atoms with E-state index in [1.54, 1.807) is 31.4 Å². The predicted octanol–water partition coefficient (Wildman–Crippen LogP) is 1.93. The van der Waals surface area contributed by atoms with E-state index in [0.717, 1.165) is 0 Å². The number of anilines is 1. The lowest BCUT2D eigenvalue weighted by Gasteiger charge is -2.06. The van der Waals surface area contributed by atoms with E-state index >= 15 is 0 Å². The molecule has 104 valence electrons. The zero-order chi connectivity index (χ0) is 14.1. The number of esters is 1. The van der Waals surface area contributed by atoms with Crippen molar-refractivity contribution in [3.8, 4) is 5.75 Å². The number of hydrogen-bond acceptors (Lipinski definition) is 5. The monoisotopic (exact) mass is 283 g/mol. The molecule has 0 saturated carbocycles. The first-order chi connectivity index (χ1) is 9.15. The van der Waals surface area contributed by atoms with Gasteiger partial charge in [-0.3, -0.25) is 9.59 Å². The first kappa shape index (κ1) is 15.4. The van der Waals surface area contributed by atoms with Gasteiger partial charge in [0.2, 0.25) is 5.91 Å². The minimum atomic E-state index is -0.263. The molecule has 0 aromatic heterocycles. The van der Waals surface area contributed by atoms with Gasteiger partial charge in [-0.05, 0) is 12.1 Å². The number of rotatable bonds is 7. The number of thioether (sulfide) groups is 1. The quantitative estimate of drug-likeness (QED) is 0.612. The second-order valence-electron chi connectivity index (χ2n) is 3.66. The zero-order valence-corrected chi connectivity index (χ0v) is 11.8. The van der Waals surface area contributed by atoms with Crippen molar-refractivity contribution in [2.45, 2.75) is 6.42 Å². The van der Waals surface area contributed by atoms with Gasteiger partial charge in [0, 0.05) is 17.5 Å². The lowest BCUT2D eigenvalue weighted by atomic mass is 10.3. The Morgan fingerprint density at radius 1 is 1.32 bits per heavy atom. The van der Waals surface area contributed by atoms with Crippen LogP contribution in [0.2, 0.25) is 0 Å². The maximum absolute atomic E-state index is 11.6. The lowest BCUT2D eigenvalue weighted by Crippen LogP contribution is -2.14. The van der Waals surface area contributed by atoms with Gasteiger partial charge in [0.05, 0.1) is 26.4 Å². The van der Waals surface area contributed by atoms with E-state index in [1.807, 2.05) is 0 Å². The molecular weight excluding hydrogens is 266 g/mol. The summed E-state index contributed by atoms with van der Waals surface area (Å²) < 4.78 is 9.58. The highest BCUT2D eigenvalue weighted by atomic mass is 32.2. The van der Waals surface area contributed by atoms with Crippen LogP contribution in [0, 0.1) is 0 Å². The lowest BCUT2D eigenvalue weighted by molar-refractivity contribution is -0.140. The molecule has 1 amide bonds. The van der Waals surface area contributed by atoms with Gasteiger partial charge in [0.25, 0.3) is 0 Å². The van der Waals surface area contributed by atoms with Crippen molar-refractivity contribution in [1.82, 2.24) is 0 Å². The average molecular weight is 283 g/mol. The van der Waals surface area contributed by atoms with Crippen molar-refractivity contribution in [3.63, 3.8) is 0 Å². The summed E-state index contributed by atoms with van der Waals surface area (Å²) in [6.07, 6.45) is 0.313. The van der Waals surface area contributed by atoms with Gasteiger partial charge < -0.3 is 14.8 Å². The second kappa shape index (κ2) is 8.42. The highest BCUT2D eigenvalue weighted by Gasteiger charge is 2.05. The molecular formula is C13H17NO4S. The molecule has 0 radical (unpaired) electrons. The van der Waals surface area contributed by atoms with Crippen molar-refractivity contribution in [2.24, 2.45) is 0 Å². The van der Waals surface area contributed by atoms with Gasteiger partial charge >= 0.3 is 5.97 Å². The molecule has 0 aliphatic carbocycles. The Morgan fingerprint density at radius 2 is 2.11 bits per heavy atom. The third kappa shape index (κ3) is 6.15. The summed E-state index contributed by atoms with van der Waals surface area (Å²) in [4.78, 5) is 22.5. The molecule has 0 aliphatic heterocycles. The smallest absolute Gasteiger partial charge is 0.306 e. The van der Waals surface area contributed by atoms with Gasteiger partial charge in [-0.1, -0.05) is 6.07 Å². The summed E-state index contributed by atoms with van der Waals surface area (Å²) >= 11 is 1.39. The Morgan fingerprint density at radius 3 is 2.79 bits per heavy atom. The summed E-state index contributed by atoms with van der Waals surface area (Å²) in [5.74, 6) is 1.19. The molecule has 0 heterocycles. The second-order valence-corrected chi connectivity index (χ2v) is 4.76. The minimum Gasteiger partial charge on any atom is -0.497 e. The van der Waals surface area contributed by atoms with E-state index < -0.39 is 0 Å². The number of hydrogen-bond donors (Lipinski definition) is 1. The number of benzene rings is 1. The molecule has 1 aromatic carbocycles. The van der Waals surface area contributed by atoms with Crippen molar-refractivity contribution >= 4 is 29.3 Å². The number of carbonyl (C=O) groups excluding carboxylic acids is 2. The Bertz CT molecular complexity index is 436. The summed E-state index contributed by atoms with van der Waals surface area (Å²) in [5.41, 5.74) is 0.693. The van der Waals surface area contributed by atoms with Crippen LogP contribution in [0.25, 0.3) is 0 Å². The number of methoxy groups -OCH3 is 2. The molecule has 0 spiro atoms. The van der Waals surface area contributed by atoms with Crippen molar-refractivity contribution < 1.29 is 19.1 Å². The van der Waals surface area contributed by atoms with Crippen LogP contribution in [-0.4, -0.2) is 37.6 Å². The fraction of sp³-hybridized carbons (Fsp3) is 0.385. The highest BCUT2D eigenvalue weighted by molar-refractivity contribution is 7.99. The highest BCUT2D eigenvalue weighted by Crippen LogP contribution is 2.17. The van der Waals surface area contributed by atoms with Gasteiger partial charge in [-0.25, -0.2) is 0 Å². The number of carbonyl (C=O) groups is 2. The number of nitrogens with one attached hydrogen (secondary N) is 1. The minimum absolute atomic E-state index is 0.108. The maximum atomic E-state index is 11.6. The topological polar surface area (TPSA) is 64.6 Å². The van der Waals surface area contributed by atoms with Crippen LogP contribution in [0.1, 0.15) is 6.42 Å². The summed E-state index contributed by atoms with van der Waals surface area (Å²) in [6.45, 7) is 0. The maximum Gasteiger partial charge on any atom is 0.306 e. The average Bonchev–Trinajstić information content (AvgIpc) is 2.43. The van der Waals surface area contributed by atoms with Crippen LogP contribution in [0.3, 0.4) is 0 Å². The van der Waals surface area contributed by atoms with Crippen molar-refractivity contribution in [3.05, 3.63) is 24.3 Å². The zero-order valence-electron chi connectivity index (χ0n) is 11.0. The van der Waals surface area contributed by atoms with Crippen molar-refractivity contribution in [2.75, 3.05) is 31.0 Å². The third-order valence-electron chi connectivity index (χ3n) is 2.26. The molecule has 1 N–H and O–H groups in total. The normalized spacial score (nSPS) is 9.79. The standard InChI is InChI=1S/C13H17NO4S/c1-17-11-5-3-4-10(8-11)14-12(15)9-19-7-6-13(16)18-2/h3-5,8H,6-7,9H2,1-2H3,(H,14,15). The van der Waals surface area contributed by atoms with E-state index in [2.05, 4.69) is 10.1 Å². The molecule has 0 atom stereocenters. The molecule has 5 nitrogen and oxygen atoms in total. The van der Waals surface area contributed by atoms with E-state index in [4.69, 9.17) is 4.74 Å². The van der Waals surface area contributed by atoms with E-state index in [9.17, 15) is 9.59 Å². The van der Waals surface area contributed by atoms with Crippen molar-refractivity contribution in [1.29, 1.82) is 0 Å². The van der Waals surface area contributed by atoms with Crippen LogP contribution < -0.4 is 10.1 Å². The fourth-order valence-electron chi connectivity index (χ4n) is 1.32. The van der Waals surface area contributed by atoms with Crippen LogP contribution in [0.5, 0.6) is 5.75 Å². The van der Waals surface area contributed by atoms with E-state index in [1.165, 1.54) is 18.9 Å². The molecule has 19 heavy (non-hydrogen) atoms. The van der Waals surface area contributed by atoms with Gasteiger partial charge in [0.15, 0.2) is 0 Å². The Balaban J connectivity index is 2.28. The van der Waals surface area contributed by atoms with E-state index in [0.29, 0.717) is 29.4 Å². The number of amides is 1. The Kier molecular flexibility index (Phi) is 6.81. The third-order valence-corrected chi connectivity index (χ3v) is 3.22. The van der Waals surface area contributed by atoms with Crippen LogP contribution >= 0.6 is 11.8 Å². The molecule has 0 unspecified atom stereocenters. The molecule has 0 saturated heterocycles. The Hall–Kier alpha value is -1.69. The summed E-state index contributed by atoms with van der Waals surface area (Å²) in [5, 5.41) is 2.76. The molecule has 1 rings (SSSR count). The van der Waals surface area contributed by atoms with Crippen LogP contribution in [0.15, 0.2) is 24.3 Å².